The Hall–Kier alpha value is -2.50. The number of carbonyl (C=O) groups is 1. The van der Waals surface area contributed by atoms with Gasteiger partial charge in [-0.25, -0.2) is 4.68 Å². The lowest BCUT2D eigenvalue weighted by Gasteiger charge is -2.11. The second-order valence-corrected chi connectivity index (χ2v) is 8.28. The number of aromatic nitrogens is 4. The Morgan fingerprint density at radius 3 is 2.69 bits per heavy atom. The van der Waals surface area contributed by atoms with Crippen LogP contribution in [0.2, 0.25) is 0 Å². The summed E-state index contributed by atoms with van der Waals surface area (Å²) in [7, 11) is 0. The van der Waals surface area contributed by atoms with Crippen LogP contribution in [0.25, 0.3) is 11.4 Å². The van der Waals surface area contributed by atoms with E-state index in [1.165, 1.54) is 5.57 Å². The molecule has 1 amide bonds. The zero-order chi connectivity index (χ0) is 18.5. The number of rotatable bonds is 5. The Morgan fingerprint density at radius 1 is 1.27 bits per heavy atom. The van der Waals surface area contributed by atoms with Gasteiger partial charge in [-0.2, -0.15) is 0 Å². The maximum atomic E-state index is 12.9. The highest BCUT2D eigenvalue weighted by Gasteiger charge is 2.60. The van der Waals surface area contributed by atoms with Gasteiger partial charge < -0.3 is 5.32 Å². The summed E-state index contributed by atoms with van der Waals surface area (Å²) in [4.78, 5) is 12.9. The summed E-state index contributed by atoms with van der Waals surface area (Å²) in [5.41, 5.74) is 2.89. The summed E-state index contributed by atoms with van der Waals surface area (Å²) >= 11 is 0. The van der Waals surface area contributed by atoms with Gasteiger partial charge in [-0.3, -0.25) is 4.79 Å². The molecule has 2 aromatic rings. The van der Waals surface area contributed by atoms with E-state index in [4.69, 9.17) is 0 Å². The lowest BCUT2D eigenvalue weighted by atomic mass is 10.1. The largest absolute Gasteiger partial charge is 0.325 e. The molecule has 2 aliphatic carbocycles. The number of hydrogen-bond donors (Lipinski definition) is 1. The third-order valence-electron chi connectivity index (χ3n) is 5.52. The molecule has 2 fully saturated rings. The average Bonchev–Trinajstić information content (AvgIpc) is 3.44. The molecule has 0 unspecified atom stereocenters. The van der Waals surface area contributed by atoms with Gasteiger partial charge in [0.1, 0.15) is 0 Å². The minimum atomic E-state index is -0.00937. The molecule has 0 bridgehead atoms. The monoisotopic (exact) mass is 351 g/mol. The summed E-state index contributed by atoms with van der Waals surface area (Å²) in [6.45, 7) is 8.47. The first-order valence-electron chi connectivity index (χ1n) is 9.22. The molecular weight excluding hydrogens is 326 g/mol. The Bertz CT molecular complexity index is 874. The molecule has 6 heteroatoms. The molecule has 6 nitrogen and oxygen atoms in total. The first-order chi connectivity index (χ1) is 12.4. The predicted octanol–water partition coefficient (Wildman–Crippen LogP) is 3.85. The van der Waals surface area contributed by atoms with Crippen molar-refractivity contribution in [2.24, 2.45) is 17.3 Å². The second kappa shape index (κ2) is 6.04. The Kier molecular flexibility index (Phi) is 3.93. The van der Waals surface area contributed by atoms with E-state index in [0.29, 0.717) is 6.04 Å². The van der Waals surface area contributed by atoms with Crippen molar-refractivity contribution in [3.8, 4) is 11.4 Å². The Morgan fingerprint density at radius 2 is 2.00 bits per heavy atom. The van der Waals surface area contributed by atoms with Gasteiger partial charge in [-0.05, 0) is 60.6 Å². The van der Waals surface area contributed by atoms with Gasteiger partial charge in [0, 0.05) is 5.56 Å². The molecule has 0 saturated heterocycles. The van der Waals surface area contributed by atoms with Crippen molar-refractivity contribution in [2.45, 2.75) is 46.6 Å². The van der Waals surface area contributed by atoms with Crippen molar-refractivity contribution in [2.75, 3.05) is 5.32 Å². The first kappa shape index (κ1) is 16.9. The molecule has 1 aromatic heterocycles. The number of carbonyl (C=O) groups excluding carboxylic acids is 1. The standard InChI is InChI=1S/C20H25N5O/c1-12(2)11-15-17(20(15,3)4)19(26)21-16-8-6-5-7-14(16)18-22-23-24-25(18)13-9-10-13/h5-8,11,13,15,17H,9-10H2,1-4H3,(H,21,26)/t15-,17-/m0/s1. The molecule has 1 heterocycles. The molecule has 136 valence electrons. The highest BCUT2D eigenvalue weighted by molar-refractivity contribution is 5.98. The van der Waals surface area contributed by atoms with Crippen molar-refractivity contribution >= 4 is 11.6 Å². The van der Waals surface area contributed by atoms with E-state index >= 15 is 0 Å². The molecule has 0 spiro atoms. The number of hydrogen-bond acceptors (Lipinski definition) is 4. The Labute approximate surface area is 153 Å². The molecular formula is C20H25N5O. The fraction of sp³-hybridized carbons (Fsp3) is 0.500. The average molecular weight is 351 g/mol. The van der Waals surface area contributed by atoms with E-state index in [0.717, 1.165) is 29.9 Å². The van der Waals surface area contributed by atoms with Crippen LogP contribution in [0.1, 0.15) is 46.6 Å². The first-order valence-corrected chi connectivity index (χ1v) is 9.22. The molecule has 1 aromatic carbocycles. The van der Waals surface area contributed by atoms with Gasteiger partial charge >= 0.3 is 0 Å². The number of nitrogens with one attached hydrogen (secondary N) is 1. The maximum absolute atomic E-state index is 12.9. The summed E-state index contributed by atoms with van der Waals surface area (Å²) in [5, 5.41) is 15.3. The van der Waals surface area contributed by atoms with E-state index in [1.807, 2.05) is 28.9 Å². The zero-order valence-electron chi connectivity index (χ0n) is 15.7. The molecule has 4 rings (SSSR count). The molecule has 0 aliphatic heterocycles. The summed E-state index contributed by atoms with van der Waals surface area (Å²) in [6.07, 6.45) is 4.42. The minimum absolute atomic E-state index is 0.00805. The highest BCUT2D eigenvalue weighted by atomic mass is 16.2. The SMILES string of the molecule is CC(C)=C[C@H]1[C@@H](C(=O)Nc2ccccc2-c2nnnn2C2CC2)C1(C)C. The van der Waals surface area contributed by atoms with Crippen LogP contribution < -0.4 is 5.32 Å². The van der Waals surface area contributed by atoms with Crippen molar-refractivity contribution in [3.05, 3.63) is 35.9 Å². The molecule has 1 N–H and O–H groups in total. The second-order valence-electron chi connectivity index (χ2n) is 8.28. The molecule has 26 heavy (non-hydrogen) atoms. The maximum Gasteiger partial charge on any atom is 0.228 e. The summed E-state index contributed by atoms with van der Waals surface area (Å²) in [6, 6.07) is 8.14. The van der Waals surface area contributed by atoms with E-state index in [9.17, 15) is 4.79 Å². The molecule has 0 radical (unpaired) electrons. The van der Waals surface area contributed by atoms with Gasteiger partial charge in [0.2, 0.25) is 5.91 Å². The van der Waals surface area contributed by atoms with Crippen molar-refractivity contribution in [1.82, 2.24) is 20.2 Å². The van der Waals surface area contributed by atoms with Crippen molar-refractivity contribution in [3.63, 3.8) is 0 Å². The molecule has 2 saturated carbocycles. The van der Waals surface area contributed by atoms with Crippen LogP contribution in [-0.2, 0) is 4.79 Å². The lowest BCUT2D eigenvalue weighted by Crippen LogP contribution is -2.17. The van der Waals surface area contributed by atoms with Gasteiger partial charge in [0.05, 0.1) is 17.6 Å². The van der Waals surface area contributed by atoms with Crippen LogP contribution in [0, 0.1) is 17.3 Å². The Balaban J connectivity index is 1.59. The van der Waals surface area contributed by atoms with Crippen LogP contribution >= 0.6 is 0 Å². The van der Waals surface area contributed by atoms with Crippen molar-refractivity contribution < 1.29 is 4.79 Å². The number of amides is 1. The molecule has 2 aliphatic rings. The fourth-order valence-electron chi connectivity index (χ4n) is 3.78. The van der Waals surface area contributed by atoms with E-state index in [2.05, 4.69) is 54.6 Å². The topological polar surface area (TPSA) is 72.7 Å². The molecule has 2 atom stereocenters. The smallest absolute Gasteiger partial charge is 0.228 e. The third kappa shape index (κ3) is 2.93. The van der Waals surface area contributed by atoms with Crippen LogP contribution in [0.4, 0.5) is 5.69 Å². The number of benzene rings is 1. The highest BCUT2D eigenvalue weighted by Crippen LogP contribution is 2.59. The van der Waals surface area contributed by atoms with Crippen LogP contribution in [0.5, 0.6) is 0 Å². The normalized spacial score (nSPS) is 23.4. The summed E-state index contributed by atoms with van der Waals surface area (Å²) < 4.78 is 1.87. The van der Waals surface area contributed by atoms with Gasteiger partial charge in [0.25, 0.3) is 0 Å². The van der Waals surface area contributed by atoms with E-state index < -0.39 is 0 Å². The number of allylic oxidation sites excluding steroid dienone is 2. The number of nitrogens with zero attached hydrogens (tertiary/aromatic N) is 4. The summed E-state index contributed by atoms with van der Waals surface area (Å²) in [5.74, 6) is 1.07. The number of anilines is 1. The number of tetrazole rings is 1. The van der Waals surface area contributed by atoms with Gasteiger partial charge in [0.15, 0.2) is 5.82 Å². The zero-order valence-corrected chi connectivity index (χ0v) is 15.7. The third-order valence-corrected chi connectivity index (χ3v) is 5.52. The van der Waals surface area contributed by atoms with Crippen LogP contribution in [0.3, 0.4) is 0 Å². The quantitative estimate of drug-likeness (QED) is 0.831. The fourth-order valence-corrected chi connectivity index (χ4v) is 3.78. The number of para-hydroxylation sites is 1. The van der Waals surface area contributed by atoms with E-state index in [-0.39, 0.29) is 23.2 Å². The van der Waals surface area contributed by atoms with Gasteiger partial charge in [-0.1, -0.05) is 37.6 Å². The van der Waals surface area contributed by atoms with Crippen LogP contribution in [0.15, 0.2) is 35.9 Å². The minimum Gasteiger partial charge on any atom is -0.325 e. The van der Waals surface area contributed by atoms with Crippen molar-refractivity contribution in [1.29, 1.82) is 0 Å². The van der Waals surface area contributed by atoms with E-state index in [1.54, 1.807) is 0 Å². The predicted molar refractivity (Wildman–Crippen MR) is 100 cm³/mol. The van der Waals surface area contributed by atoms with Gasteiger partial charge in [-0.15, -0.1) is 5.10 Å². The lowest BCUT2D eigenvalue weighted by molar-refractivity contribution is -0.118. The van der Waals surface area contributed by atoms with Crippen LogP contribution in [-0.4, -0.2) is 26.1 Å².